The standard InChI is InChI=1S/C15H18N4S/c1-3-12-6-4-5-7-13(12)8-9-16-14-18-19-10-11(2)17-15(19)20-14/h4-7,10H,3,8-9H2,1-2H3,(H,16,18). The molecule has 3 rings (SSSR count). The molecule has 0 fully saturated rings. The lowest BCUT2D eigenvalue weighted by Gasteiger charge is -2.07. The molecule has 0 unspecified atom stereocenters. The lowest BCUT2D eigenvalue weighted by molar-refractivity contribution is 0.936. The van der Waals surface area contributed by atoms with E-state index in [1.807, 2.05) is 17.6 Å². The molecule has 0 aliphatic heterocycles. The predicted molar refractivity (Wildman–Crippen MR) is 83.6 cm³/mol. The van der Waals surface area contributed by atoms with Gasteiger partial charge in [0.1, 0.15) is 0 Å². The van der Waals surface area contributed by atoms with E-state index in [4.69, 9.17) is 0 Å². The zero-order chi connectivity index (χ0) is 13.9. The highest BCUT2D eigenvalue weighted by molar-refractivity contribution is 7.20. The summed E-state index contributed by atoms with van der Waals surface area (Å²) in [6.07, 6.45) is 4.05. The molecule has 2 heterocycles. The van der Waals surface area contributed by atoms with Gasteiger partial charge in [-0.25, -0.2) is 9.50 Å². The van der Waals surface area contributed by atoms with Gasteiger partial charge in [-0.2, -0.15) is 0 Å². The third-order valence-electron chi connectivity index (χ3n) is 3.33. The van der Waals surface area contributed by atoms with E-state index < -0.39 is 0 Å². The van der Waals surface area contributed by atoms with Crippen LogP contribution in [0.1, 0.15) is 23.7 Å². The Labute approximate surface area is 122 Å². The Morgan fingerprint density at radius 3 is 2.80 bits per heavy atom. The summed E-state index contributed by atoms with van der Waals surface area (Å²) in [6.45, 7) is 5.08. The minimum absolute atomic E-state index is 0.895. The van der Waals surface area contributed by atoms with E-state index >= 15 is 0 Å². The second-order valence-corrected chi connectivity index (χ2v) is 5.77. The van der Waals surface area contributed by atoms with Crippen LogP contribution in [0.5, 0.6) is 0 Å². The fraction of sp³-hybridized carbons (Fsp3) is 0.333. The Kier molecular flexibility index (Phi) is 3.69. The van der Waals surface area contributed by atoms with Gasteiger partial charge in [0.05, 0.1) is 11.9 Å². The Bertz CT molecular complexity index is 682. The fourth-order valence-electron chi connectivity index (χ4n) is 2.33. The van der Waals surface area contributed by atoms with Crippen LogP contribution in [0.2, 0.25) is 0 Å². The quantitative estimate of drug-likeness (QED) is 0.782. The van der Waals surface area contributed by atoms with Gasteiger partial charge in [-0.05, 0) is 30.9 Å². The van der Waals surface area contributed by atoms with E-state index in [1.54, 1.807) is 11.3 Å². The van der Waals surface area contributed by atoms with Gasteiger partial charge in [-0.3, -0.25) is 0 Å². The first-order valence-corrected chi connectivity index (χ1v) is 7.71. The van der Waals surface area contributed by atoms with E-state index in [-0.39, 0.29) is 0 Å². The molecule has 0 bridgehead atoms. The van der Waals surface area contributed by atoms with Crippen LogP contribution in [0, 0.1) is 6.92 Å². The van der Waals surface area contributed by atoms with Crippen molar-refractivity contribution in [3.63, 3.8) is 0 Å². The number of hydrogen-bond acceptors (Lipinski definition) is 4. The Hall–Kier alpha value is -1.88. The summed E-state index contributed by atoms with van der Waals surface area (Å²) in [6, 6.07) is 8.62. The van der Waals surface area contributed by atoms with E-state index in [0.717, 1.165) is 35.2 Å². The molecule has 0 atom stereocenters. The van der Waals surface area contributed by atoms with Crippen LogP contribution < -0.4 is 5.32 Å². The van der Waals surface area contributed by atoms with E-state index in [0.29, 0.717) is 0 Å². The van der Waals surface area contributed by atoms with Crippen molar-refractivity contribution >= 4 is 21.4 Å². The molecule has 2 aromatic heterocycles. The molecule has 20 heavy (non-hydrogen) atoms. The van der Waals surface area contributed by atoms with Crippen LogP contribution in [-0.2, 0) is 12.8 Å². The van der Waals surface area contributed by atoms with Gasteiger partial charge < -0.3 is 5.32 Å². The first-order chi connectivity index (χ1) is 9.76. The molecule has 0 spiro atoms. The summed E-state index contributed by atoms with van der Waals surface area (Å²) < 4.78 is 1.84. The normalized spacial score (nSPS) is 11.1. The molecule has 4 nitrogen and oxygen atoms in total. The number of nitrogens with one attached hydrogen (secondary N) is 1. The van der Waals surface area contributed by atoms with Crippen molar-refractivity contribution in [2.24, 2.45) is 0 Å². The maximum Gasteiger partial charge on any atom is 0.214 e. The third kappa shape index (κ3) is 2.67. The Morgan fingerprint density at radius 2 is 2.05 bits per heavy atom. The lowest BCUT2D eigenvalue weighted by atomic mass is 10.0. The minimum atomic E-state index is 0.895. The summed E-state index contributed by atoms with van der Waals surface area (Å²) in [7, 11) is 0. The number of aromatic nitrogens is 3. The maximum atomic E-state index is 4.47. The van der Waals surface area contributed by atoms with Crippen molar-refractivity contribution in [1.29, 1.82) is 0 Å². The zero-order valence-corrected chi connectivity index (χ0v) is 12.6. The van der Waals surface area contributed by atoms with Crippen LogP contribution in [-0.4, -0.2) is 21.1 Å². The molecule has 3 aromatic rings. The van der Waals surface area contributed by atoms with Crippen LogP contribution in [0.3, 0.4) is 0 Å². The van der Waals surface area contributed by atoms with Crippen molar-refractivity contribution in [2.75, 3.05) is 11.9 Å². The summed E-state index contributed by atoms with van der Waals surface area (Å²) in [5, 5.41) is 8.79. The lowest BCUT2D eigenvalue weighted by Crippen LogP contribution is -2.06. The molecule has 0 saturated carbocycles. The van der Waals surface area contributed by atoms with Gasteiger partial charge in [0.15, 0.2) is 0 Å². The number of benzene rings is 1. The average Bonchev–Trinajstić information content (AvgIpc) is 2.96. The molecule has 1 aromatic carbocycles. The van der Waals surface area contributed by atoms with Crippen LogP contribution in [0.4, 0.5) is 5.13 Å². The van der Waals surface area contributed by atoms with E-state index in [1.165, 1.54) is 11.1 Å². The highest BCUT2D eigenvalue weighted by Gasteiger charge is 2.06. The van der Waals surface area contributed by atoms with Crippen molar-refractivity contribution in [1.82, 2.24) is 14.6 Å². The monoisotopic (exact) mass is 286 g/mol. The number of hydrogen-bond donors (Lipinski definition) is 1. The maximum absolute atomic E-state index is 4.47. The van der Waals surface area contributed by atoms with Gasteiger partial charge >= 0.3 is 0 Å². The number of nitrogens with zero attached hydrogens (tertiary/aromatic N) is 3. The smallest absolute Gasteiger partial charge is 0.214 e. The van der Waals surface area contributed by atoms with Gasteiger partial charge in [-0.15, -0.1) is 5.10 Å². The topological polar surface area (TPSA) is 42.2 Å². The van der Waals surface area contributed by atoms with Crippen molar-refractivity contribution < 1.29 is 0 Å². The predicted octanol–water partition coefficient (Wildman–Crippen LogP) is 3.32. The second-order valence-electron chi connectivity index (χ2n) is 4.82. The van der Waals surface area contributed by atoms with Crippen molar-refractivity contribution in [3.05, 3.63) is 47.3 Å². The Balaban J connectivity index is 1.63. The third-order valence-corrected chi connectivity index (χ3v) is 4.21. The zero-order valence-electron chi connectivity index (χ0n) is 11.8. The molecule has 1 N–H and O–H groups in total. The van der Waals surface area contributed by atoms with Gasteiger partial charge in [0, 0.05) is 6.54 Å². The van der Waals surface area contributed by atoms with E-state index in [9.17, 15) is 0 Å². The van der Waals surface area contributed by atoms with Crippen LogP contribution >= 0.6 is 11.3 Å². The molecule has 0 saturated heterocycles. The number of aryl methyl sites for hydroxylation is 2. The number of imidazole rings is 1. The fourth-order valence-corrected chi connectivity index (χ4v) is 3.18. The number of rotatable bonds is 5. The van der Waals surface area contributed by atoms with Gasteiger partial charge in [0.25, 0.3) is 0 Å². The highest BCUT2D eigenvalue weighted by atomic mass is 32.1. The second kappa shape index (κ2) is 5.63. The summed E-state index contributed by atoms with van der Waals surface area (Å²) in [4.78, 5) is 5.35. The van der Waals surface area contributed by atoms with Crippen LogP contribution in [0.25, 0.3) is 4.96 Å². The molecule has 0 amide bonds. The molecule has 0 aliphatic carbocycles. The van der Waals surface area contributed by atoms with Gasteiger partial charge in [0.2, 0.25) is 10.1 Å². The molecular formula is C15H18N4S. The molecular weight excluding hydrogens is 268 g/mol. The highest BCUT2D eigenvalue weighted by Crippen LogP contribution is 2.19. The van der Waals surface area contributed by atoms with Gasteiger partial charge in [-0.1, -0.05) is 42.5 Å². The average molecular weight is 286 g/mol. The first-order valence-electron chi connectivity index (χ1n) is 6.89. The Morgan fingerprint density at radius 1 is 1.25 bits per heavy atom. The van der Waals surface area contributed by atoms with E-state index in [2.05, 4.69) is 46.6 Å². The number of anilines is 1. The summed E-state index contributed by atoms with van der Waals surface area (Å²) in [5.74, 6) is 0. The molecule has 104 valence electrons. The summed E-state index contributed by atoms with van der Waals surface area (Å²) in [5.41, 5.74) is 3.85. The minimum Gasteiger partial charge on any atom is -0.360 e. The molecule has 0 radical (unpaired) electrons. The van der Waals surface area contributed by atoms with Crippen molar-refractivity contribution in [3.8, 4) is 0 Å². The molecule has 5 heteroatoms. The van der Waals surface area contributed by atoms with Crippen LogP contribution in [0.15, 0.2) is 30.5 Å². The SMILES string of the molecule is CCc1ccccc1CCNc1nn2cc(C)nc2s1. The largest absolute Gasteiger partial charge is 0.360 e. The first kappa shape index (κ1) is 13.1. The molecule has 0 aliphatic rings. The number of fused-ring (bicyclic) bond motifs is 1. The summed E-state index contributed by atoms with van der Waals surface area (Å²) >= 11 is 1.59. The van der Waals surface area contributed by atoms with Crippen molar-refractivity contribution in [2.45, 2.75) is 26.7 Å².